The monoisotopic (exact) mass is 373 g/mol. The zero-order valence-corrected chi connectivity index (χ0v) is 16.0. The highest BCUT2D eigenvalue weighted by atomic mass is 16.5. The smallest absolute Gasteiger partial charge is 0.258 e. The minimum atomic E-state index is -0.679. The van der Waals surface area contributed by atoms with Crippen LogP contribution < -0.4 is 10.1 Å². The average molecular weight is 373 g/mol. The van der Waals surface area contributed by atoms with E-state index in [-0.39, 0.29) is 18.3 Å². The largest absolute Gasteiger partial charge is 0.484 e. The molecule has 0 radical (unpaired) electrons. The summed E-state index contributed by atoms with van der Waals surface area (Å²) in [4.78, 5) is 24.0. The lowest BCUT2D eigenvalue weighted by atomic mass is 9.84. The van der Waals surface area contributed by atoms with E-state index >= 15 is 0 Å². The first-order valence-corrected chi connectivity index (χ1v) is 9.15. The quantitative estimate of drug-likeness (QED) is 0.627. The van der Waals surface area contributed by atoms with Gasteiger partial charge >= 0.3 is 0 Å². The van der Waals surface area contributed by atoms with E-state index in [1.165, 1.54) is 6.92 Å². The molecule has 0 saturated carbocycles. The van der Waals surface area contributed by atoms with E-state index in [1.807, 2.05) is 67.6 Å². The highest BCUT2D eigenvalue weighted by molar-refractivity contribution is 5.94. The van der Waals surface area contributed by atoms with Gasteiger partial charge in [0, 0.05) is 5.56 Å². The van der Waals surface area contributed by atoms with Crippen molar-refractivity contribution in [2.75, 3.05) is 6.61 Å². The number of carbonyl (C=O) groups excluding carboxylic acids is 2. The Morgan fingerprint density at radius 3 is 1.79 bits per heavy atom. The number of ether oxygens (including phenoxy) is 1. The lowest BCUT2D eigenvalue weighted by Crippen LogP contribution is -2.46. The van der Waals surface area contributed by atoms with E-state index in [1.54, 1.807) is 24.3 Å². The number of carbonyl (C=O) groups is 2. The molecule has 0 fully saturated rings. The Kier molecular flexibility index (Phi) is 5.90. The van der Waals surface area contributed by atoms with Gasteiger partial charge < -0.3 is 10.1 Å². The summed E-state index contributed by atoms with van der Waals surface area (Å²) in [6, 6.07) is 26.5. The second kappa shape index (κ2) is 8.53. The van der Waals surface area contributed by atoms with Crippen LogP contribution in [0.2, 0.25) is 0 Å². The van der Waals surface area contributed by atoms with Crippen molar-refractivity contribution in [2.24, 2.45) is 0 Å². The second-order valence-electron chi connectivity index (χ2n) is 6.77. The second-order valence-corrected chi connectivity index (χ2v) is 6.77. The topological polar surface area (TPSA) is 55.4 Å². The van der Waals surface area contributed by atoms with E-state index in [4.69, 9.17) is 4.74 Å². The van der Waals surface area contributed by atoms with Gasteiger partial charge in [-0.1, -0.05) is 60.7 Å². The summed E-state index contributed by atoms with van der Waals surface area (Å²) >= 11 is 0. The van der Waals surface area contributed by atoms with E-state index in [2.05, 4.69) is 5.32 Å². The standard InChI is InChI=1S/C24H23NO3/c1-18(26)19-13-15-22(16-14-19)28-17-23(27)25-24(2,20-9-5-3-6-10-20)21-11-7-4-8-12-21/h3-16H,17H2,1-2H3,(H,25,27). The van der Waals surface area contributed by atoms with Crippen molar-refractivity contribution >= 4 is 11.7 Å². The molecule has 0 aliphatic rings. The van der Waals surface area contributed by atoms with Crippen LogP contribution in [0, 0.1) is 0 Å². The van der Waals surface area contributed by atoms with Crippen LogP contribution in [0.15, 0.2) is 84.9 Å². The number of hydrogen-bond acceptors (Lipinski definition) is 3. The molecule has 4 nitrogen and oxygen atoms in total. The highest BCUT2D eigenvalue weighted by Crippen LogP contribution is 2.29. The number of Topliss-reactive ketones (excluding diaryl/α,β-unsaturated/α-hetero) is 1. The van der Waals surface area contributed by atoms with Gasteiger partial charge in [0.1, 0.15) is 5.75 Å². The predicted molar refractivity (Wildman–Crippen MR) is 109 cm³/mol. The summed E-state index contributed by atoms with van der Waals surface area (Å²) in [5, 5.41) is 3.11. The lowest BCUT2D eigenvalue weighted by Gasteiger charge is -2.32. The maximum absolute atomic E-state index is 12.7. The van der Waals surface area contributed by atoms with Gasteiger partial charge in [-0.25, -0.2) is 0 Å². The molecule has 0 atom stereocenters. The molecular weight excluding hydrogens is 350 g/mol. The van der Waals surface area contributed by atoms with Gasteiger partial charge in [-0.05, 0) is 49.2 Å². The maximum Gasteiger partial charge on any atom is 0.258 e. The van der Waals surface area contributed by atoms with Gasteiger partial charge in [0.05, 0.1) is 5.54 Å². The minimum Gasteiger partial charge on any atom is -0.484 e. The molecule has 0 heterocycles. The van der Waals surface area contributed by atoms with Gasteiger partial charge in [-0.2, -0.15) is 0 Å². The van der Waals surface area contributed by atoms with Gasteiger partial charge in [-0.15, -0.1) is 0 Å². The van der Waals surface area contributed by atoms with Crippen LogP contribution in [0.3, 0.4) is 0 Å². The van der Waals surface area contributed by atoms with Crippen molar-refractivity contribution in [1.82, 2.24) is 5.32 Å². The Bertz CT molecular complexity index is 895. The molecule has 3 rings (SSSR count). The summed E-state index contributed by atoms with van der Waals surface area (Å²) in [7, 11) is 0. The van der Waals surface area contributed by atoms with Gasteiger partial charge in [0.2, 0.25) is 0 Å². The van der Waals surface area contributed by atoms with Crippen LogP contribution in [0.25, 0.3) is 0 Å². The number of nitrogens with one attached hydrogen (secondary N) is 1. The molecule has 0 aliphatic heterocycles. The first-order valence-electron chi connectivity index (χ1n) is 9.15. The van der Waals surface area contributed by atoms with E-state index < -0.39 is 5.54 Å². The molecule has 0 aromatic heterocycles. The predicted octanol–water partition coefficient (Wildman–Crippen LogP) is 4.35. The lowest BCUT2D eigenvalue weighted by molar-refractivity contribution is -0.124. The van der Waals surface area contributed by atoms with Crippen molar-refractivity contribution in [3.8, 4) is 5.75 Å². The molecule has 3 aromatic carbocycles. The zero-order chi connectivity index (χ0) is 20.0. The number of hydrogen-bond donors (Lipinski definition) is 1. The Hall–Kier alpha value is -3.40. The number of ketones is 1. The van der Waals surface area contributed by atoms with Crippen molar-refractivity contribution < 1.29 is 14.3 Å². The third kappa shape index (κ3) is 4.46. The Labute approximate surface area is 165 Å². The highest BCUT2D eigenvalue weighted by Gasteiger charge is 2.30. The molecule has 0 bridgehead atoms. The third-order valence-corrected chi connectivity index (χ3v) is 4.72. The van der Waals surface area contributed by atoms with Crippen LogP contribution >= 0.6 is 0 Å². The number of benzene rings is 3. The molecule has 142 valence electrons. The fourth-order valence-corrected chi connectivity index (χ4v) is 3.10. The molecule has 3 aromatic rings. The van der Waals surface area contributed by atoms with Gasteiger partial charge in [0.15, 0.2) is 12.4 Å². The molecule has 0 saturated heterocycles. The summed E-state index contributed by atoms with van der Waals surface area (Å²) in [5.41, 5.74) is 1.90. The minimum absolute atomic E-state index is 0.00854. The molecular formula is C24H23NO3. The first-order chi connectivity index (χ1) is 13.5. The summed E-state index contributed by atoms with van der Waals surface area (Å²) < 4.78 is 5.60. The Morgan fingerprint density at radius 2 is 1.32 bits per heavy atom. The molecule has 28 heavy (non-hydrogen) atoms. The normalized spacial score (nSPS) is 10.9. The van der Waals surface area contributed by atoms with E-state index in [0.29, 0.717) is 11.3 Å². The molecule has 1 N–H and O–H groups in total. The molecule has 0 spiro atoms. The van der Waals surface area contributed by atoms with Gasteiger partial charge in [-0.3, -0.25) is 9.59 Å². The molecule has 1 amide bonds. The van der Waals surface area contributed by atoms with E-state index in [9.17, 15) is 9.59 Å². The fraction of sp³-hybridized carbons (Fsp3) is 0.167. The van der Waals surface area contributed by atoms with Crippen LogP contribution in [0.4, 0.5) is 0 Å². The third-order valence-electron chi connectivity index (χ3n) is 4.72. The number of rotatable bonds is 7. The Balaban J connectivity index is 1.74. The zero-order valence-electron chi connectivity index (χ0n) is 16.0. The van der Waals surface area contributed by atoms with Crippen molar-refractivity contribution in [3.05, 3.63) is 102 Å². The summed E-state index contributed by atoms with van der Waals surface area (Å²) in [6.45, 7) is 3.38. The van der Waals surface area contributed by atoms with Gasteiger partial charge in [0.25, 0.3) is 5.91 Å². The Morgan fingerprint density at radius 1 is 0.821 bits per heavy atom. The first kappa shape index (κ1) is 19.4. The van der Waals surface area contributed by atoms with E-state index in [0.717, 1.165) is 11.1 Å². The summed E-state index contributed by atoms with van der Waals surface area (Å²) in [6.07, 6.45) is 0. The molecule has 4 heteroatoms. The molecule has 0 unspecified atom stereocenters. The van der Waals surface area contributed by atoms with Crippen molar-refractivity contribution in [3.63, 3.8) is 0 Å². The number of amides is 1. The van der Waals surface area contributed by atoms with Crippen LogP contribution in [-0.2, 0) is 10.3 Å². The van der Waals surface area contributed by atoms with Crippen molar-refractivity contribution in [1.29, 1.82) is 0 Å². The molecule has 0 aliphatic carbocycles. The SMILES string of the molecule is CC(=O)c1ccc(OCC(=O)NC(C)(c2ccccc2)c2ccccc2)cc1. The van der Waals surface area contributed by atoms with Crippen LogP contribution in [0.5, 0.6) is 5.75 Å². The fourth-order valence-electron chi connectivity index (χ4n) is 3.10. The average Bonchev–Trinajstić information content (AvgIpc) is 2.73. The van der Waals surface area contributed by atoms with Crippen molar-refractivity contribution in [2.45, 2.75) is 19.4 Å². The van der Waals surface area contributed by atoms with Crippen LogP contribution in [-0.4, -0.2) is 18.3 Å². The van der Waals surface area contributed by atoms with Crippen LogP contribution in [0.1, 0.15) is 35.3 Å². The summed E-state index contributed by atoms with van der Waals surface area (Å²) in [5.74, 6) is 0.304. The maximum atomic E-state index is 12.7.